The fourth-order valence-electron chi connectivity index (χ4n) is 4.41. The van der Waals surface area contributed by atoms with Crippen LogP contribution in [0.15, 0.2) is 16.8 Å². The molecule has 4 rings (SSSR count). The fraction of sp³-hybridized carbons (Fsp3) is 0.667. The van der Waals surface area contributed by atoms with Crippen molar-refractivity contribution in [3.8, 4) is 0 Å². The van der Waals surface area contributed by atoms with E-state index >= 15 is 0 Å². The molecule has 25 heavy (non-hydrogen) atoms. The Hall–Kier alpha value is -1.60. The molecular formula is C18H26N4O2S. The van der Waals surface area contributed by atoms with E-state index < -0.39 is 0 Å². The van der Waals surface area contributed by atoms with E-state index in [-0.39, 0.29) is 17.5 Å². The highest BCUT2D eigenvalue weighted by molar-refractivity contribution is 7.08. The molecule has 2 saturated heterocycles. The molecule has 3 heterocycles. The number of nitrogens with zero attached hydrogens (tertiary/aromatic N) is 3. The first kappa shape index (κ1) is 16.8. The van der Waals surface area contributed by atoms with Crippen LogP contribution in [0.3, 0.4) is 0 Å². The first-order chi connectivity index (χ1) is 12.1. The first-order valence-electron chi connectivity index (χ1n) is 9.17. The Balaban J connectivity index is 1.45. The van der Waals surface area contributed by atoms with Crippen LogP contribution in [0.4, 0.5) is 10.5 Å². The van der Waals surface area contributed by atoms with Crippen molar-refractivity contribution in [3.63, 3.8) is 0 Å². The number of hydrogen-bond acceptors (Lipinski definition) is 4. The van der Waals surface area contributed by atoms with E-state index in [2.05, 4.69) is 10.2 Å². The number of urea groups is 1. The molecule has 1 atom stereocenters. The van der Waals surface area contributed by atoms with Crippen molar-refractivity contribution in [2.75, 3.05) is 38.1 Å². The lowest BCUT2D eigenvalue weighted by Crippen LogP contribution is -2.64. The minimum atomic E-state index is -0.136. The molecule has 1 N–H and O–H groups in total. The predicted molar refractivity (Wildman–Crippen MR) is 99.0 cm³/mol. The zero-order valence-electron chi connectivity index (χ0n) is 14.7. The topological polar surface area (TPSA) is 55.9 Å². The Morgan fingerprint density at radius 3 is 2.84 bits per heavy atom. The summed E-state index contributed by atoms with van der Waals surface area (Å²) in [6, 6.07) is 2.41. The number of amides is 3. The molecule has 0 bridgehead atoms. The number of carbonyl (C=O) groups excluding carboxylic acids is 2. The first-order valence-corrected chi connectivity index (χ1v) is 10.1. The third-order valence-electron chi connectivity index (χ3n) is 6.06. The molecule has 1 saturated carbocycles. The van der Waals surface area contributed by atoms with Gasteiger partial charge in [0.15, 0.2) is 0 Å². The maximum Gasteiger partial charge on any atom is 0.317 e. The molecule has 1 aliphatic carbocycles. The van der Waals surface area contributed by atoms with Crippen LogP contribution in [0, 0.1) is 0 Å². The van der Waals surface area contributed by atoms with Gasteiger partial charge in [-0.1, -0.05) is 12.8 Å². The van der Waals surface area contributed by atoms with E-state index in [0.717, 1.165) is 31.5 Å². The predicted octanol–water partition coefficient (Wildman–Crippen LogP) is 2.12. The third kappa shape index (κ3) is 3.15. The van der Waals surface area contributed by atoms with Gasteiger partial charge in [-0.2, -0.15) is 11.3 Å². The van der Waals surface area contributed by atoms with Crippen molar-refractivity contribution in [3.05, 3.63) is 16.8 Å². The number of thiophene rings is 1. The molecular weight excluding hydrogens is 336 g/mol. The normalized spacial score (nSPS) is 28.3. The monoisotopic (exact) mass is 362 g/mol. The van der Waals surface area contributed by atoms with Gasteiger partial charge in [-0.25, -0.2) is 4.79 Å². The molecule has 3 aliphatic rings. The number of piperazine rings is 1. The van der Waals surface area contributed by atoms with E-state index in [1.54, 1.807) is 11.3 Å². The molecule has 1 spiro atoms. The number of likely N-dealkylation sites (N-methyl/N-ethyl adjacent to an activating group) is 1. The summed E-state index contributed by atoms with van der Waals surface area (Å²) in [5.41, 5.74) is 0.847. The smallest absolute Gasteiger partial charge is 0.317 e. The summed E-state index contributed by atoms with van der Waals surface area (Å²) >= 11 is 1.61. The molecule has 3 amide bonds. The fourth-order valence-corrected chi connectivity index (χ4v) is 5.05. The molecule has 0 aromatic carbocycles. The lowest BCUT2D eigenvalue weighted by atomic mass is 9.93. The highest BCUT2D eigenvalue weighted by Crippen LogP contribution is 2.34. The number of rotatable bonds is 2. The highest BCUT2D eigenvalue weighted by Gasteiger charge is 2.48. The number of carbonyl (C=O) groups is 2. The van der Waals surface area contributed by atoms with Gasteiger partial charge in [0, 0.05) is 31.1 Å². The van der Waals surface area contributed by atoms with Gasteiger partial charge in [-0.05, 0) is 37.8 Å². The maximum atomic E-state index is 12.6. The van der Waals surface area contributed by atoms with E-state index in [0.29, 0.717) is 25.7 Å². The van der Waals surface area contributed by atoms with Crippen molar-refractivity contribution in [1.82, 2.24) is 15.1 Å². The van der Waals surface area contributed by atoms with Crippen LogP contribution < -0.4 is 10.2 Å². The number of nitrogens with one attached hydrogen (secondary N) is 1. The lowest BCUT2D eigenvalue weighted by molar-refractivity contribution is -0.123. The summed E-state index contributed by atoms with van der Waals surface area (Å²) in [5.74, 6) is 0.139. The van der Waals surface area contributed by atoms with Gasteiger partial charge in [-0.3, -0.25) is 9.69 Å². The second kappa shape index (κ2) is 6.61. The Morgan fingerprint density at radius 1 is 1.32 bits per heavy atom. The van der Waals surface area contributed by atoms with Crippen LogP contribution in [0.25, 0.3) is 0 Å². The molecule has 6 nitrogen and oxygen atoms in total. The molecule has 2 aliphatic heterocycles. The summed E-state index contributed by atoms with van der Waals surface area (Å²) < 4.78 is 0. The Morgan fingerprint density at radius 2 is 2.12 bits per heavy atom. The third-order valence-corrected chi connectivity index (χ3v) is 6.73. The maximum absolute atomic E-state index is 12.6. The highest BCUT2D eigenvalue weighted by atomic mass is 32.1. The molecule has 3 fully saturated rings. The van der Waals surface area contributed by atoms with E-state index in [1.165, 1.54) is 12.8 Å². The number of likely N-dealkylation sites (tertiary alicyclic amines) is 1. The van der Waals surface area contributed by atoms with Crippen molar-refractivity contribution in [2.45, 2.75) is 43.7 Å². The summed E-state index contributed by atoms with van der Waals surface area (Å²) in [7, 11) is 2.02. The van der Waals surface area contributed by atoms with Crippen LogP contribution >= 0.6 is 11.3 Å². The standard InChI is InChI=1S/C18H26N4O2S/c1-20-10-16(23)22(15-6-9-25-11-15)13-18(20)7-8-21(12-18)17(24)19-14-4-2-3-5-14/h6,9,11,14H,2-5,7-8,10,12-13H2,1H3,(H,19,24)/t18-/m0/s1. The van der Waals surface area contributed by atoms with Crippen molar-refractivity contribution in [1.29, 1.82) is 0 Å². The largest absolute Gasteiger partial charge is 0.335 e. The minimum absolute atomic E-state index is 0.0659. The average molecular weight is 362 g/mol. The summed E-state index contributed by atoms with van der Waals surface area (Å²) in [4.78, 5) is 31.1. The van der Waals surface area contributed by atoms with Crippen molar-refractivity contribution in [2.24, 2.45) is 0 Å². The SMILES string of the molecule is CN1CC(=O)N(c2ccsc2)C[C@@]12CCN(C(=O)NC1CCCC1)C2. The van der Waals surface area contributed by atoms with E-state index in [1.807, 2.05) is 33.7 Å². The van der Waals surface area contributed by atoms with Gasteiger partial charge < -0.3 is 15.1 Å². The van der Waals surface area contributed by atoms with Crippen molar-refractivity contribution < 1.29 is 9.59 Å². The van der Waals surface area contributed by atoms with Gasteiger partial charge in [0.25, 0.3) is 0 Å². The van der Waals surface area contributed by atoms with Gasteiger partial charge in [0.05, 0.1) is 17.8 Å². The van der Waals surface area contributed by atoms with Gasteiger partial charge in [-0.15, -0.1) is 0 Å². The minimum Gasteiger partial charge on any atom is -0.335 e. The second-order valence-electron chi connectivity index (χ2n) is 7.64. The molecule has 0 unspecified atom stereocenters. The zero-order chi connectivity index (χ0) is 17.4. The van der Waals surface area contributed by atoms with Gasteiger partial charge in [0.1, 0.15) is 0 Å². The number of anilines is 1. The lowest BCUT2D eigenvalue weighted by Gasteiger charge is -2.46. The second-order valence-corrected chi connectivity index (χ2v) is 8.42. The van der Waals surface area contributed by atoms with Crippen molar-refractivity contribution >= 4 is 29.0 Å². The molecule has 1 aromatic heterocycles. The molecule has 1 aromatic rings. The Labute approximate surface area is 152 Å². The van der Waals surface area contributed by atoms with Crippen LogP contribution in [0.1, 0.15) is 32.1 Å². The molecule has 136 valence electrons. The average Bonchev–Trinajstić information content (AvgIpc) is 3.33. The number of hydrogen-bond donors (Lipinski definition) is 1. The quantitative estimate of drug-likeness (QED) is 0.877. The summed E-state index contributed by atoms with van der Waals surface area (Å²) in [5, 5.41) is 7.22. The zero-order valence-corrected chi connectivity index (χ0v) is 15.6. The summed E-state index contributed by atoms with van der Waals surface area (Å²) in [6.07, 6.45) is 5.55. The van der Waals surface area contributed by atoms with Crippen LogP contribution in [0.2, 0.25) is 0 Å². The van der Waals surface area contributed by atoms with Crippen LogP contribution in [-0.2, 0) is 4.79 Å². The van der Waals surface area contributed by atoms with Crippen LogP contribution in [-0.4, -0.2) is 66.5 Å². The van der Waals surface area contributed by atoms with Gasteiger partial charge in [0.2, 0.25) is 5.91 Å². The molecule has 7 heteroatoms. The van der Waals surface area contributed by atoms with Crippen LogP contribution in [0.5, 0.6) is 0 Å². The molecule has 0 radical (unpaired) electrons. The Kier molecular flexibility index (Phi) is 4.45. The van der Waals surface area contributed by atoms with E-state index in [9.17, 15) is 9.59 Å². The summed E-state index contributed by atoms with van der Waals surface area (Å²) in [6.45, 7) is 2.52. The van der Waals surface area contributed by atoms with E-state index in [4.69, 9.17) is 0 Å². The van der Waals surface area contributed by atoms with Gasteiger partial charge >= 0.3 is 6.03 Å². The Bertz CT molecular complexity index is 644.